The van der Waals surface area contributed by atoms with Crippen LogP contribution in [0.2, 0.25) is 0 Å². The minimum absolute atomic E-state index is 0.0636. The Bertz CT molecular complexity index is 508. The minimum Gasteiger partial charge on any atom is -0.465 e. The molecular formula is C14H19N3O3. The Labute approximate surface area is 117 Å². The Hall–Kier alpha value is -1.82. The Balaban J connectivity index is 1.83. The van der Waals surface area contributed by atoms with Gasteiger partial charge in [0.05, 0.1) is 24.1 Å². The van der Waals surface area contributed by atoms with Crippen LogP contribution in [0.15, 0.2) is 18.5 Å². The van der Waals surface area contributed by atoms with Crippen LogP contribution in [-0.2, 0) is 4.74 Å². The lowest BCUT2D eigenvalue weighted by Gasteiger charge is -2.39. The highest BCUT2D eigenvalue weighted by Crippen LogP contribution is 2.43. The Morgan fingerprint density at radius 3 is 3.10 bits per heavy atom. The molecule has 3 rings (SSSR count). The van der Waals surface area contributed by atoms with E-state index < -0.39 is 6.09 Å². The number of amides is 1. The van der Waals surface area contributed by atoms with Crippen LogP contribution in [0.4, 0.5) is 10.5 Å². The van der Waals surface area contributed by atoms with E-state index in [1.165, 1.54) is 0 Å². The molecule has 2 fully saturated rings. The minimum atomic E-state index is -0.969. The molecule has 6 nitrogen and oxygen atoms in total. The summed E-state index contributed by atoms with van der Waals surface area (Å²) < 4.78 is 6.15. The lowest BCUT2D eigenvalue weighted by molar-refractivity contribution is -0.0846. The van der Waals surface area contributed by atoms with Crippen molar-refractivity contribution >= 4 is 11.8 Å². The number of ether oxygens (including phenoxy) is 1. The molecule has 0 bridgehead atoms. The average molecular weight is 277 g/mol. The first-order chi connectivity index (χ1) is 9.65. The number of carboxylic acid groups (broad SMARTS) is 1. The summed E-state index contributed by atoms with van der Waals surface area (Å²) in [6.07, 6.45) is 6.02. The van der Waals surface area contributed by atoms with Crippen molar-refractivity contribution in [2.45, 2.75) is 43.9 Å². The average Bonchev–Trinajstić information content (AvgIpc) is 2.87. The van der Waals surface area contributed by atoms with Gasteiger partial charge in [-0.1, -0.05) is 6.42 Å². The number of nitrogens with two attached hydrogens (primary N) is 1. The van der Waals surface area contributed by atoms with Crippen molar-refractivity contribution < 1.29 is 14.6 Å². The summed E-state index contributed by atoms with van der Waals surface area (Å²) in [6.45, 7) is 0. The van der Waals surface area contributed by atoms with E-state index in [1.54, 1.807) is 12.4 Å². The lowest BCUT2D eigenvalue weighted by Crippen LogP contribution is -2.48. The number of anilines is 1. The van der Waals surface area contributed by atoms with Gasteiger partial charge >= 0.3 is 6.09 Å². The molecule has 4 N–H and O–H groups in total. The number of carbonyl (C=O) groups is 1. The second-order valence-electron chi connectivity index (χ2n) is 5.55. The van der Waals surface area contributed by atoms with Gasteiger partial charge in [0.2, 0.25) is 0 Å². The zero-order valence-electron chi connectivity index (χ0n) is 11.2. The summed E-state index contributed by atoms with van der Waals surface area (Å²) in [5.74, 6) is 0.283. The van der Waals surface area contributed by atoms with Crippen LogP contribution in [0, 0.1) is 5.92 Å². The van der Waals surface area contributed by atoms with E-state index in [-0.39, 0.29) is 24.2 Å². The zero-order chi connectivity index (χ0) is 14.1. The Morgan fingerprint density at radius 2 is 2.35 bits per heavy atom. The fourth-order valence-electron chi connectivity index (χ4n) is 3.49. The maximum absolute atomic E-state index is 11.0. The predicted octanol–water partition coefficient (Wildman–Crippen LogP) is 1.93. The highest BCUT2D eigenvalue weighted by Gasteiger charge is 2.42. The summed E-state index contributed by atoms with van der Waals surface area (Å²) in [5.41, 5.74) is 7.46. The van der Waals surface area contributed by atoms with Crippen LogP contribution in [0.5, 0.6) is 0 Å². The van der Waals surface area contributed by atoms with E-state index in [4.69, 9.17) is 15.6 Å². The van der Waals surface area contributed by atoms with Crippen molar-refractivity contribution in [3.8, 4) is 0 Å². The van der Waals surface area contributed by atoms with Crippen molar-refractivity contribution in [2.75, 3.05) is 5.73 Å². The fourth-order valence-corrected chi connectivity index (χ4v) is 3.49. The second kappa shape index (κ2) is 5.28. The zero-order valence-corrected chi connectivity index (χ0v) is 11.2. The van der Waals surface area contributed by atoms with Crippen LogP contribution in [0.25, 0.3) is 0 Å². The fraction of sp³-hybridized carbons (Fsp3) is 0.571. The van der Waals surface area contributed by atoms with E-state index in [2.05, 4.69) is 10.3 Å². The molecule has 1 saturated carbocycles. The molecule has 0 aromatic carbocycles. The standard InChI is InChI=1S/C14H19N3O3/c15-10-7-16-5-4-8(10)13-6-11(17-14(18)19)9-2-1-3-12(9)20-13/h4-5,7,9,11-13,17H,1-3,6,15H2,(H,18,19)/t9-,11-,12-,13-/m1/s1. The smallest absolute Gasteiger partial charge is 0.404 e. The largest absolute Gasteiger partial charge is 0.465 e. The number of aromatic nitrogens is 1. The van der Waals surface area contributed by atoms with Gasteiger partial charge in [-0.3, -0.25) is 4.98 Å². The molecule has 1 aliphatic heterocycles. The summed E-state index contributed by atoms with van der Waals surface area (Å²) >= 11 is 0. The molecule has 2 heterocycles. The second-order valence-corrected chi connectivity index (χ2v) is 5.55. The number of rotatable bonds is 2. The van der Waals surface area contributed by atoms with Gasteiger partial charge in [-0.25, -0.2) is 4.79 Å². The van der Waals surface area contributed by atoms with Crippen molar-refractivity contribution in [1.29, 1.82) is 0 Å². The summed E-state index contributed by atoms with van der Waals surface area (Å²) in [5, 5.41) is 11.7. The predicted molar refractivity (Wildman–Crippen MR) is 73.2 cm³/mol. The van der Waals surface area contributed by atoms with Crippen LogP contribution in [0.3, 0.4) is 0 Å². The molecule has 0 unspecified atom stereocenters. The van der Waals surface area contributed by atoms with Gasteiger partial charge in [-0.15, -0.1) is 0 Å². The molecule has 4 atom stereocenters. The molecular weight excluding hydrogens is 258 g/mol. The molecule has 1 aromatic heterocycles. The van der Waals surface area contributed by atoms with Gasteiger partial charge in [0.1, 0.15) is 0 Å². The molecule has 0 radical (unpaired) electrons. The molecule has 108 valence electrons. The normalized spacial score (nSPS) is 32.6. The summed E-state index contributed by atoms with van der Waals surface area (Å²) in [4.78, 5) is 15.0. The van der Waals surface area contributed by atoms with E-state index in [0.717, 1.165) is 24.8 Å². The molecule has 1 saturated heterocycles. The number of fused-ring (bicyclic) bond motifs is 1. The number of nitrogen functional groups attached to an aromatic ring is 1. The van der Waals surface area contributed by atoms with Crippen LogP contribution in [-0.4, -0.2) is 28.3 Å². The monoisotopic (exact) mass is 277 g/mol. The molecule has 1 aliphatic carbocycles. The van der Waals surface area contributed by atoms with Gasteiger partial charge < -0.3 is 20.9 Å². The molecule has 2 aliphatic rings. The number of hydrogen-bond donors (Lipinski definition) is 3. The number of nitrogens with one attached hydrogen (secondary N) is 1. The van der Waals surface area contributed by atoms with Crippen molar-refractivity contribution in [3.63, 3.8) is 0 Å². The van der Waals surface area contributed by atoms with Crippen LogP contribution < -0.4 is 11.1 Å². The maximum atomic E-state index is 11.0. The van der Waals surface area contributed by atoms with Crippen molar-refractivity contribution in [3.05, 3.63) is 24.0 Å². The van der Waals surface area contributed by atoms with Gasteiger partial charge in [-0.2, -0.15) is 0 Å². The lowest BCUT2D eigenvalue weighted by atomic mass is 9.86. The number of pyridine rings is 1. The Morgan fingerprint density at radius 1 is 1.50 bits per heavy atom. The van der Waals surface area contributed by atoms with Crippen molar-refractivity contribution in [1.82, 2.24) is 10.3 Å². The van der Waals surface area contributed by atoms with Crippen LogP contribution >= 0.6 is 0 Å². The molecule has 1 amide bonds. The first kappa shape index (κ1) is 13.2. The first-order valence-electron chi connectivity index (χ1n) is 6.99. The topological polar surface area (TPSA) is 97.5 Å². The number of hydrogen-bond acceptors (Lipinski definition) is 4. The van der Waals surface area contributed by atoms with Gasteiger partial charge in [0.25, 0.3) is 0 Å². The SMILES string of the molecule is Nc1cnccc1[C@H]1C[C@@H](NC(=O)O)[C@H]2CCC[C@H]2O1. The highest BCUT2D eigenvalue weighted by molar-refractivity contribution is 5.65. The van der Waals surface area contributed by atoms with E-state index in [9.17, 15) is 4.79 Å². The van der Waals surface area contributed by atoms with Gasteiger partial charge in [0.15, 0.2) is 0 Å². The quantitative estimate of drug-likeness (QED) is 0.767. The van der Waals surface area contributed by atoms with Gasteiger partial charge in [-0.05, 0) is 25.3 Å². The first-order valence-corrected chi connectivity index (χ1v) is 6.99. The highest BCUT2D eigenvalue weighted by atomic mass is 16.5. The molecule has 1 aromatic rings. The van der Waals surface area contributed by atoms with Crippen LogP contribution in [0.1, 0.15) is 37.4 Å². The van der Waals surface area contributed by atoms with Crippen molar-refractivity contribution in [2.24, 2.45) is 5.92 Å². The van der Waals surface area contributed by atoms with Gasteiger partial charge in [0, 0.05) is 23.7 Å². The third-order valence-corrected chi connectivity index (χ3v) is 4.37. The number of nitrogens with zero attached hydrogens (tertiary/aromatic N) is 1. The maximum Gasteiger partial charge on any atom is 0.404 e. The Kier molecular flexibility index (Phi) is 3.48. The van der Waals surface area contributed by atoms with E-state index in [1.807, 2.05) is 6.07 Å². The summed E-state index contributed by atoms with van der Waals surface area (Å²) in [7, 11) is 0. The van der Waals surface area contributed by atoms with E-state index in [0.29, 0.717) is 12.1 Å². The molecule has 6 heteroatoms. The van der Waals surface area contributed by atoms with E-state index >= 15 is 0 Å². The summed E-state index contributed by atoms with van der Waals surface area (Å²) in [6, 6.07) is 1.79. The molecule has 20 heavy (non-hydrogen) atoms. The third-order valence-electron chi connectivity index (χ3n) is 4.37. The third kappa shape index (κ3) is 2.43. The molecule has 0 spiro atoms.